The van der Waals surface area contributed by atoms with Crippen molar-refractivity contribution in [3.05, 3.63) is 82.9 Å². The molecule has 0 radical (unpaired) electrons. The minimum absolute atomic E-state index is 0. The number of anilines is 2. The number of hydrogen-bond donors (Lipinski definition) is 0. The molecule has 0 bridgehead atoms. The van der Waals surface area contributed by atoms with Gasteiger partial charge in [-0.05, 0) is 42.5 Å². The van der Waals surface area contributed by atoms with Crippen LogP contribution in [0.2, 0.25) is 5.02 Å². The molecule has 1 aliphatic heterocycles. The fraction of sp³-hybridized carbons (Fsp3) is 0.280. The molecule has 176 valence electrons. The number of para-hydroxylation sites is 1. The maximum atomic E-state index is 13.4. The molecule has 0 saturated heterocycles. The maximum Gasteiger partial charge on any atom is 0.416 e. The molecular formula is C25H25Cl2F3N2S. The number of rotatable bonds is 6. The summed E-state index contributed by atoms with van der Waals surface area (Å²) in [6.45, 7) is 2.40. The largest absolute Gasteiger partial charge is 1.00 e. The van der Waals surface area contributed by atoms with E-state index < -0.39 is 11.7 Å². The molecule has 2 nitrogen and oxygen atoms in total. The Morgan fingerprint density at radius 1 is 0.909 bits per heavy atom. The average molecular weight is 513 g/mol. The Bertz CT molecular complexity index is 1100. The Hall–Kier alpha value is -1.86. The van der Waals surface area contributed by atoms with Gasteiger partial charge in [0.05, 0.1) is 37.6 Å². The molecule has 1 heterocycles. The second kappa shape index (κ2) is 10.2. The summed E-state index contributed by atoms with van der Waals surface area (Å²) in [5.41, 5.74) is 2.19. The van der Waals surface area contributed by atoms with Crippen molar-refractivity contribution in [3.63, 3.8) is 0 Å². The van der Waals surface area contributed by atoms with Gasteiger partial charge in [0.15, 0.2) is 0 Å². The summed E-state index contributed by atoms with van der Waals surface area (Å²) < 4.78 is 40.9. The van der Waals surface area contributed by atoms with Crippen LogP contribution in [0.3, 0.4) is 0 Å². The Balaban J connectivity index is 0.00000306. The van der Waals surface area contributed by atoms with Crippen molar-refractivity contribution in [1.82, 2.24) is 0 Å². The van der Waals surface area contributed by atoms with E-state index in [1.807, 2.05) is 53.4 Å². The molecule has 4 rings (SSSR count). The zero-order valence-electron chi connectivity index (χ0n) is 18.4. The smallest absolute Gasteiger partial charge is 0.416 e. The van der Waals surface area contributed by atoms with Crippen molar-refractivity contribution in [2.45, 2.75) is 28.9 Å². The monoisotopic (exact) mass is 512 g/mol. The summed E-state index contributed by atoms with van der Waals surface area (Å²) in [5.74, 6) is 0. The highest BCUT2D eigenvalue weighted by molar-refractivity contribution is 7.99. The van der Waals surface area contributed by atoms with E-state index in [0.717, 1.165) is 44.5 Å². The molecule has 0 aromatic heterocycles. The van der Waals surface area contributed by atoms with Gasteiger partial charge in [0, 0.05) is 33.3 Å². The Morgan fingerprint density at radius 3 is 2.27 bits per heavy atom. The summed E-state index contributed by atoms with van der Waals surface area (Å²) >= 11 is 7.52. The quantitative estimate of drug-likeness (QED) is 0.443. The number of halogens is 5. The second-order valence-corrected chi connectivity index (χ2v) is 10.2. The van der Waals surface area contributed by atoms with Crippen LogP contribution in [0, 0.1) is 0 Å². The number of fused-ring (bicyclic) bond motifs is 2. The third-order valence-electron chi connectivity index (χ3n) is 5.62. The van der Waals surface area contributed by atoms with Crippen molar-refractivity contribution >= 4 is 34.7 Å². The number of alkyl halides is 3. The van der Waals surface area contributed by atoms with Crippen LogP contribution in [0.5, 0.6) is 0 Å². The highest BCUT2D eigenvalue weighted by Crippen LogP contribution is 2.49. The van der Waals surface area contributed by atoms with E-state index in [4.69, 9.17) is 11.6 Å². The molecule has 1 aliphatic rings. The lowest BCUT2D eigenvalue weighted by Gasteiger charge is -2.35. The number of hydrogen-bond acceptors (Lipinski definition) is 2. The van der Waals surface area contributed by atoms with Crippen LogP contribution in [0.25, 0.3) is 0 Å². The van der Waals surface area contributed by atoms with E-state index in [-0.39, 0.29) is 12.4 Å². The molecule has 3 aromatic rings. The third-order valence-corrected chi connectivity index (χ3v) is 7.00. The maximum absolute atomic E-state index is 13.4. The Morgan fingerprint density at radius 2 is 1.58 bits per heavy atom. The van der Waals surface area contributed by atoms with Crippen LogP contribution in [-0.4, -0.2) is 31.7 Å². The highest BCUT2D eigenvalue weighted by Gasteiger charge is 2.33. The Kier molecular flexibility index (Phi) is 7.95. The number of benzene rings is 3. The lowest BCUT2D eigenvalue weighted by molar-refractivity contribution is -0.903. The molecule has 0 spiro atoms. The first-order valence-corrected chi connectivity index (χ1v) is 11.6. The average Bonchev–Trinajstić information content (AvgIpc) is 2.73. The van der Waals surface area contributed by atoms with Gasteiger partial charge in [-0.3, -0.25) is 0 Å². The number of quaternary nitrogens is 1. The molecule has 0 atom stereocenters. The third kappa shape index (κ3) is 6.18. The van der Waals surface area contributed by atoms with Crippen molar-refractivity contribution in [2.24, 2.45) is 0 Å². The Labute approximate surface area is 208 Å². The summed E-state index contributed by atoms with van der Waals surface area (Å²) in [6, 6.07) is 19.8. The van der Waals surface area contributed by atoms with Crippen LogP contribution < -0.4 is 17.3 Å². The van der Waals surface area contributed by atoms with Gasteiger partial charge in [-0.2, -0.15) is 13.2 Å². The highest BCUT2D eigenvalue weighted by atomic mass is 35.5. The molecule has 33 heavy (non-hydrogen) atoms. The van der Waals surface area contributed by atoms with Gasteiger partial charge in [-0.25, -0.2) is 0 Å². The van der Waals surface area contributed by atoms with Crippen LogP contribution in [0.4, 0.5) is 24.5 Å². The summed E-state index contributed by atoms with van der Waals surface area (Å²) in [7, 11) is 4.34. The molecule has 0 aliphatic carbocycles. The van der Waals surface area contributed by atoms with E-state index in [0.29, 0.717) is 12.2 Å². The SMILES string of the molecule is C[N+](C)(CCCN1c2ccccc2Sc2ccc(C(F)(F)F)cc21)Cc1ccc(Cl)cc1.[Cl-]. The lowest BCUT2D eigenvalue weighted by atomic mass is 10.1. The van der Waals surface area contributed by atoms with Crippen molar-refractivity contribution in [1.29, 1.82) is 0 Å². The minimum Gasteiger partial charge on any atom is -1.00 e. The first kappa shape index (κ1) is 25.8. The summed E-state index contributed by atoms with van der Waals surface area (Å²) in [4.78, 5) is 3.96. The standard InChI is InChI=1S/C25H25ClF3N2S.ClH/c1-31(2,17-18-8-11-20(26)12-9-18)15-5-14-30-21-6-3-4-7-23(21)32-24-13-10-19(16-22(24)30)25(27,28)29;/h3-4,6-13,16H,5,14-15,17H2,1-2H3;1H/q+1;/p-1. The van der Waals surface area contributed by atoms with E-state index in [2.05, 4.69) is 14.1 Å². The van der Waals surface area contributed by atoms with Crippen molar-refractivity contribution in [2.75, 3.05) is 32.1 Å². The molecule has 8 heteroatoms. The van der Waals surface area contributed by atoms with Crippen LogP contribution in [-0.2, 0) is 12.7 Å². The van der Waals surface area contributed by atoms with Gasteiger partial charge in [0.25, 0.3) is 0 Å². The van der Waals surface area contributed by atoms with Gasteiger partial charge in [-0.1, -0.05) is 47.6 Å². The van der Waals surface area contributed by atoms with Crippen molar-refractivity contribution in [3.8, 4) is 0 Å². The molecule has 0 N–H and O–H groups in total. The van der Waals surface area contributed by atoms with Crippen LogP contribution in [0.1, 0.15) is 17.5 Å². The normalized spacial score (nSPS) is 13.2. The van der Waals surface area contributed by atoms with Gasteiger partial charge >= 0.3 is 6.18 Å². The van der Waals surface area contributed by atoms with Crippen molar-refractivity contribution < 1.29 is 30.1 Å². The predicted molar refractivity (Wildman–Crippen MR) is 126 cm³/mol. The van der Waals surface area contributed by atoms with E-state index in [9.17, 15) is 13.2 Å². The fourth-order valence-electron chi connectivity index (χ4n) is 4.07. The molecule has 0 unspecified atom stereocenters. The first-order valence-electron chi connectivity index (χ1n) is 10.4. The van der Waals surface area contributed by atoms with Gasteiger partial charge in [-0.15, -0.1) is 0 Å². The number of nitrogens with zero attached hydrogens (tertiary/aromatic N) is 2. The van der Waals surface area contributed by atoms with Gasteiger partial charge < -0.3 is 21.8 Å². The molecule has 0 amide bonds. The van der Waals surface area contributed by atoms with Crippen LogP contribution >= 0.6 is 23.4 Å². The first-order chi connectivity index (χ1) is 15.1. The zero-order chi connectivity index (χ0) is 22.9. The van der Waals surface area contributed by atoms with Gasteiger partial charge in [0.1, 0.15) is 6.54 Å². The summed E-state index contributed by atoms with van der Waals surface area (Å²) in [6.07, 6.45) is -3.52. The minimum atomic E-state index is -4.36. The second-order valence-electron chi connectivity index (χ2n) is 8.70. The molecule has 0 saturated carbocycles. The fourth-order valence-corrected chi connectivity index (χ4v) is 5.27. The lowest BCUT2D eigenvalue weighted by Crippen LogP contribution is -3.00. The topological polar surface area (TPSA) is 3.24 Å². The van der Waals surface area contributed by atoms with Crippen LogP contribution in [0.15, 0.2) is 76.5 Å². The van der Waals surface area contributed by atoms with Gasteiger partial charge in [0.2, 0.25) is 0 Å². The zero-order valence-corrected chi connectivity index (χ0v) is 20.7. The molecule has 3 aromatic carbocycles. The summed E-state index contributed by atoms with van der Waals surface area (Å²) in [5, 5.41) is 0.720. The van der Waals surface area contributed by atoms with E-state index in [1.54, 1.807) is 6.07 Å². The van der Waals surface area contributed by atoms with E-state index >= 15 is 0 Å². The predicted octanol–water partition coefficient (Wildman–Crippen LogP) is 4.63. The molecule has 0 fully saturated rings. The van der Waals surface area contributed by atoms with E-state index in [1.165, 1.54) is 29.5 Å². The molecular weight excluding hydrogens is 488 g/mol.